The summed E-state index contributed by atoms with van der Waals surface area (Å²) in [7, 11) is 1.64. The summed E-state index contributed by atoms with van der Waals surface area (Å²) < 4.78 is 5.70. The molecule has 9 heavy (non-hydrogen) atoms. The molecule has 0 aliphatic carbocycles. The average Bonchev–Trinajstić information content (AvgIpc) is 1.83. The Bertz CT molecular complexity index is 147. The summed E-state index contributed by atoms with van der Waals surface area (Å²) in [5.74, 6) is 0. The predicted octanol–water partition coefficient (Wildman–Crippen LogP) is 1.44. The Hall–Kier alpha value is -0.106. The first kappa shape index (κ1) is 8.89. The van der Waals surface area contributed by atoms with E-state index in [2.05, 4.69) is 23.6 Å². The van der Waals surface area contributed by atoms with Crippen LogP contribution in [0.3, 0.4) is 0 Å². The Morgan fingerprint density at radius 1 is 1.56 bits per heavy atom. The Balaban J connectivity index is 3.71. The van der Waals surface area contributed by atoms with Crippen molar-refractivity contribution in [1.29, 1.82) is 0 Å². The van der Waals surface area contributed by atoms with Crippen molar-refractivity contribution in [1.82, 2.24) is 0 Å². The third kappa shape index (κ3) is 5.77. The first-order valence-corrected chi connectivity index (χ1v) is 3.30. The summed E-state index contributed by atoms with van der Waals surface area (Å²) in [5, 5.41) is 0. The second-order valence-electron chi connectivity index (χ2n) is 1.72. The van der Waals surface area contributed by atoms with Gasteiger partial charge in [0.05, 0.1) is 0 Å². The number of allylic oxidation sites excluding steroid dienone is 2. The first-order chi connectivity index (χ1) is 4.16. The summed E-state index contributed by atoms with van der Waals surface area (Å²) in [6, 6.07) is 0. The standard InChI is InChI=1S/C7H10O.V/c1-7(2)5-4-6-8-3;/h4-5H,1H2,2-3H3;. The molecule has 0 saturated heterocycles. The zero-order valence-corrected chi connectivity index (χ0v) is 7.11. The normalized spacial score (nSPS) is 9.89. The van der Waals surface area contributed by atoms with Gasteiger partial charge < -0.3 is 0 Å². The van der Waals surface area contributed by atoms with Gasteiger partial charge in [0.15, 0.2) is 0 Å². The minimum absolute atomic E-state index is 0.838. The van der Waals surface area contributed by atoms with Gasteiger partial charge in [-0.1, -0.05) is 0 Å². The molecule has 49 valence electrons. The van der Waals surface area contributed by atoms with E-state index in [0.29, 0.717) is 0 Å². The summed E-state index contributed by atoms with van der Waals surface area (Å²) in [4.78, 5) is 0. The molecule has 0 rings (SSSR count). The van der Waals surface area contributed by atoms with E-state index in [1.54, 1.807) is 7.11 Å². The van der Waals surface area contributed by atoms with E-state index in [1.165, 1.54) is 0 Å². The molecular formula is C7H10OV. The monoisotopic (exact) mass is 161 g/mol. The Morgan fingerprint density at radius 2 is 2.11 bits per heavy atom. The molecule has 0 bridgehead atoms. The van der Waals surface area contributed by atoms with Crippen LogP contribution in [0.2, 0.25) is 0 Å². The number of methoxy groups -OCH3 is 1. The number of hydrogen-bond donors (Lipinski definition) is 0. The molecule has 2 heteroatoms. The topological polar surface area (TPSA) is 9.23 Å². The molecule has 0 aliphatic rings. The molecule has 0 atom stereocenters. The van der Waals surface area contributed by atoms with Crippen LogP contribution in [0.1, 0.15) is 6.92 Å². The minimum atomic E-state index is 0.838. The number of hydrogen-bond acceptors (Lipinski definition) is 1. The van der Waals surface area contributed by atoms with Crippen LogP contribution in [0.25, 0.3) is 0 Å². The molecule has 0 aromatic heterocycles. The average molecular weight is 161 g/mol. The third-order valence-corrected chi connectivity index (χ3v) is 1.24. The summed E-state index contributed by atoms with van der Waals surface area (Å²) in [6.45, 7) is 5.64. The van der Waals surface area contributed by atoms with Gasteiger partial charge in [-0.2, -0.15) is 0 Å². The molecule has 1 nitrogen and oxygen atoms in total. The van der Waals surface area contributed by atoms with Crippen LogP contribution in [0.4, 0.5) is 0 Å². The van der Waals surface area contributed by atoms with Gasteiger partial charge in [0.25, 0.3) is 0 Å². The summed E-state index contributed by atoms with van der Waals surface area (Å²) >= 11 is 2.33. The molecule has 0 N–H and O–H groups in total. The molecule has 0 radical (unpaired) electrons. The van der Waals surface area contributed by atoms with Crippen LogP contribution in [0.15, 0.2) is 24.3 Å². The van der Waals surface area contributed by atoms with Crippen molar-refractivity contribution in [2.45, 2.75) is 6.92 Å². The van der Waals surface area contributed by atoms with Crippen molar-refractivity contribution in [3.63, 3.8) is 0 Å². The molecular weight excluding hydrogens is 151 g/mol. The molecule has 0 aromatic rings. The van der Waals surface area contributed by atoms with Crippen LogP contribution in [0.5, 0.6) is 0 Å². The van der Waals surface area contributed by atoms with Crippen LogP contribution in [-0.2, 0) is 21.7 Å². The van der Waals surface area contributed by atoms with Crippen molar-refractivity contribution in [3.05, 3.63) is 24.3 Å². The Morgan fingerprint density at radius 3 is 2.44 bits per heavy atom. The van der Waals surface area contributed by atoms with Gasteiger partial charge >= 0.3 is 64.5 Å². The van der Waals surface area contributed by atoms with Gasteiger partial charge in [-0.3, -0.25) is 0 Å². The third-order valence-electron chi connectivity index (χ3n) is 0.720. The quantitative estimate of drug-likeness (QED) is 0.569. The fraction of sp³-hybridized carbons (Fsp3) is 0.286. The maximum atomic E-state index is 4.86. The van der Waals surface area contributed by atoms with Crippen molar-refractivity contribution >= 4 is 4.41 Å². The fourth-order valence-corrected chi connectivity index (χ4v) is 0.398. The van der Waals surface area contributed by atoms with Crippen LogP contribution in [-0.4, -0.2) is 11.5 Å². The van der Waals surface area contributed by atoms with E-state index in [0.717, 1.165) is 9.99 Å². The molecule has 0 saturated carbocycles. The summed E-state index contributed by atoms with van der Waals surface area (Å²) in [5.41, 5.74) is 1.02. The van der Waals surface area contributed by atoms with E-state index in [4.69, 9.17) is 4.74 Å². The molecule has 0 amide bonds. The van der Waals surface area contributed by atoms with Crippen molar-refractivity contribution in [2.75, 3.05) is 7.11 Å². The molecule has 0 fully saturated rings. The van der Waals surface area contributed by atoms with Crippen LogP contribution >= 0.6 is 0 Å². The number of ether oxygens (including phenoxy) is 1. The van der Waals surface area contributed by atoms with Gasteiger partial charge in [0.1, 0.15) is 0 Å². The molecule has 0 aliphatic heterocycles. The van der Waals surface area contributed by atoms with Crippen LogP contribution < -0.4 is 0 Å². The first-order valence-electron chi connectivity index (χ1n) is 2.60. The van der Waals surface area contributed by atoms with Gasteiger partial charge in [-0.05, 0) is 0 Å². The molecule has 0 aromatic carbocycles. The van der Waals surface area contributed by atoms with E-state index in [-0.39, 0.29) is 0 Å². The van der Waals surface area contributed by atoms with E-state index >= 15 is 0 Å². The van der Waals surface area contributed by atoms with E-state index < -0.39 is 0 Å². The second-order valence-corrected chi connectivity index (χ2v) is 2.41. The van der Waals surface area contributed by atoms with Gasteiger partial charge in [0.2, 0.25) is 0 Å². The molecule has 0 spiro atoms. The van der Waals surface area contributed by atoms with Crippen molar-refractivity contribution in [2.24, 2.45) is 0 Å². The SMILES string of the molecule is C=C(C)C=C[C](=[V])OC. The van der Waals surface area contributed by atoms with Gasteiger partial charge in [-0.25, -0.2) is 0 Å². The van der Waals surface area contributed by atoms with Crippen LogP contribution in [0, 0.1) is 0 Å². The van der Waals surface area contributed by atoms with E-state index in [9.17, 15) is 0 Å². The zero-order chi connectivity index (χ0) is 7.28. The Kier molecular flexibility index (Phi) is 4.69. The Labute approximate surface area is 64.9 Å². The molecule has 0 unspecified atom stereocenters. The van der Waals surface area contributed by atoms with Gasteiger partial charge in [0, 0.05) is 0 Å². The molecule has 0 heterocycles. The van der Waals surface area contributed by atoms with Crippen molar-refractivity contribution in [3.8, 4) is 0 Å². The number of rotatable bonds is 3. The zero-order valence-electron chi connectivity index (χ0n) is 5.72. The van der Waals surface area contributed by atoms with Gasteiger partial charge in [-0.15, -0.1) is 0 Å². The summed E-state index contributed by atoms with van der Waals surface area (Å²) in [6.07, 6.45) is 3.76. The van der Waals surface area contributed by atoms with E-state index in [1.807, 2.05) is 19.1 Å². The fourth-order valence-electron chi connectivity index (χ4n) is 0.282. The van der Waals surface area contributed by atoms with Crippen molar-refractivity contribution < 1.29 is 21.7 Å². The second kappa shape index (κ2) is 4.74. The maximum absolute atomic E-state index is 4.86. The predicted molar refractivity (Wildman–Crippen MR) is 36.0 cm³/mol.